The van der Waals surface area contributed by atoms with Crippen LogP contribution in [0.1, 0.15) is 0 Å². The van der Waals surface area contributed by atoms with E-state index in [1.54, 1.807) is 0 Å². The lowest BCUT2D eigenvalue weighted by Crippen LogP contribution is -2.34. The molecule has 11 heteroatoms. The quantitative estimate of drug-likeness (QED) is 0.537. The van der Waals surface area contributed by atoms with E-state index in [2.05, 4.69) is 20.5 Å². The summed E-state index contributed by atoms with van der Waals surface area (Å²) in [5.74, 6) is -5.82. The van der Waals surface area contributed by atoms with Crippen LogP contribution in [0.3, 0.4) is 0 Å². The fourth-order valence-corrected chi connectivity index (χ4v) is 2.05. The molecule has 0 spiro atoms. The molecule has 0 saturated heterocycles. The summed E-state index contributed by atoms with van der Waals surface area (Å²) >= 11 is 1.07. The van der Waals surface area contributed by atoms with Gasteiger partial charge in [0.1, 0.15) is 6.33 Å². The van der Waals surface area contributed by atoms with Crippen LogP contribution in [-0.4, -0.2) is 39.3 Å². The first-order valence-corrected chi connectivity index (χ1v) is 7.14. The number of aromatic nitrogens is 3. The molecule has 3 N–H and O–H groups in total. The van der Waals surface area contributed by atoms with Crippen molar-refractivity contribution in [2.45, 2.75) is 5.16 Å². The van der Waals surface area contributed by atoms with Crippen LogP contribution in [0.15, 0.2) is 23.6 Å². The molecular weight excluding hydrogens is 335 g/mol. The average Bonchev–Trinajstić information content (AvgIpc) is 3.05. The zero-order valence-electron chi connectivity index (χ0n) is 11.4. The van der Waals surface area contributed by atoms with Crippen molar-refractivity contribution in [3.05, 3.63) is 35.9 Å². The summed E-state index contributed by atoms with van der Waals surface area (Å²) in [5, 5.41) is 10.9. The largest absolute Gasteiger partial charge is 0.346 e. The van der Waals surface area contributed by atoms with E-state index >= 15 is 0 Å². The number of hydrogen-bond acceptors (Lipinski definition) is 5. The Hall–Kier alpha value is -2.56. The number of rotatable bonds is 6. The molecule has 0 bridgehead atoms. The minimum Gasteiger partial charge on any atom is -0.346 e. The van der Waals surface area contributed by atoms with Crippen molar-refractivity contribution in [1.82, 2.24) is 20.5 Å². The lowest BCUT2D eigenvalue weighted by atomic mass is 10.2. The number of nitrogens with one attached hydrogen (secondary N) is 3. The van der Waals surface area contributed by atoms with Crippen LogP contribution in [0.4, 0.5) is 18.9 Å². The molecule has 0 aliphatic heterocycles. The monoisotopic (exact) mass is 345 g/mol. The van der Waals surface area contributed by atoms with E-state index in [9.17, 15) is 22.8 Å². The Balaban J connectivity index is 1.79. The number of nitrogens with zero attached hydrogens (tertiary/aromatic N) is 2. The van der Waals surface area contributed by atoms with Crippen molar-refractivity contribution in [3.63, 3.8) is 0 Å². The molecular formula is C12H10F3N5O2S. The maximum absolute atomic E-state index is 13.4. The minimum atomic E-state index is -1.68. The Morgan fingerprint density at radius 3 is 2.65 bits per heavy atom. The SMILES string of the molecule is O=C(CSc1ncn[nH]1)NCC(=O)Nc1ccc(F)c(F)c1F. The van der Waals surface area contributed by atoms with Gasteiger partial charge in [0.15, 0.2) is 22.6 Å². The standard InChI is InChI=1S/C12H10F3N5O2S/c13-6-1-2-7(11(15)10(6)14)19-8(21)3-16-9(22)4-23-12-17-5-18-20-12/h1-2,5H,3-4H2,(H,16,22)(H,19,21)(H,17,18,20). The number of carbonyl (C=O) groups is 2. The molecule has 1 aromatic heterocycles. The fraction of sp³-hybridized carbons (Fsp3) is 0.167. The summed E-state index contributed by atoms with van der Waals surface area (Å²) in [6.07, 6.45) is 1.28. The van der Waals surface area contributed by atoms with E-state index in [1.165, 1.54) is 6.33 Å². The molecule has 0 saturated carbocycles. The summed E-state index contributed by atoms with van der Waals surface area (Å²) in [5.41, 5.74) is -0.515. The van der Waals surface area contributed by atoms with Gasteiger partial charge in [-0.25, -0.2) is 18.2 Å². The molecule has 0 aliphatic carbocycles. The third-order valence-corrected chi connectivity index (χ3v) is 3.36. The molecule has 0 fully saturated rings. The highest BCUT2D eigenvalue weighted by Crippen LogP contribution is 2.19. The van der Waals surface area contributed by atoms with Crippen LogP contribution >= 0.6 is 11.8 Å². The molecule has 0 unspecified atom stereocenters. The number of benzene rings is 1. The summed E-state index contributed by atoms with van der Waals surface area (Å²) < 4.78 is 39.1. The summed E-state index contributed by atoms with van der Waals surface area (Å²) in [6, 6.07) is 1.56. The van der Waals surface area contributed by atoms with Crippen molar-refractivity contribution in [3.8, 4) is 0 Å². The topological polar surface area (TPSA) is 99.8 Å². The number of anilines is 1. The van der Waals surface area contributed by atoms with E-state index in [1.807, 2.05) is 5.32 Å². The Morgan fingerprint density at radius 2 is 1.96 bits per heavy atom. The van der Waals surface area contributed by atoms with E-state index < -0.39 is 41.5 Å². The number of hydrogen-bond donors (Lipinski definition) is 3. The smallest absolute Gasteiger partial charge is 0.243 e. The number of amides is 2. The number of halogens is 3. The maximum Gasteiger partial charge on any atom is 0.243 e. The van der Waals surface area contributed by atoms with Crippen molar-refractivity contribution in [2.75, 3.05) is 17.6 Å². The molecule has 0 atom stereocenters. The first kappa shape index (κ1) is 16.8. The summed E-state index contributed by atoms with van der Waals surface area (Å²) in [4.78, 5) is 26.9. The van der Waals surface area contributed by atoms with Gasteiger partial charge >= 0.3 is 0 Å². The van der Waals surface area contributed by atoms with Crippen molar-refractivity contribution >= 4 is 29.3 Å². The molecule has 2 amide bonds. The van der Waals surface area contributed by atoms with Gasteiger partial charge in [-0.2, -0.15) is 5.10 Å². The van der Waals surface area contributed by atoms with Crippen molar-refractivity contribution in [1.29, 1.82) is 0 Å². The Kier molecular flexibility index (Phi) is 5.57. The lowest BCUT2D eigenvalue weighted by Gasteiger charge is -2.08. The van der Waals surface area contributed by atoms with E-state index in [0.717, 1.165) is 17.8 Å². The maximum atomic E-state index is 13.4. The third kappa shape index (κ3) is 4.71. The molecule has 2 aromatic rings. The highest BCUT2D eigenvalue weighted by Gasteiger charge is 2.15. The molecule has 7 nitrogen and oxygen atoms in total. The van der Waals surface area contributed by atoms with E-state index in [0.29, 0.717) is 11.2 Å². The van der Waals surface area contributed by atoms with Gasteiger partial charge in [0, 0.05) is 0 Å². The van der Waals surface area contributed by atoms with Crippen molar-refractivity contribution in [2.24, 2.45) is 0 Å². The zero-order valence-corrected chi connectivity index (χ0v) is 12.2. The van der Waals surface area contributed by atoms with Gasteiger partial charge < -0.3 is 10.6 Å². The molecule has 23 heavy (non-hydrogen) atoms. The van der Waals surface area contributed by atoms with Gasteiger partial charge in [0.2, 0.25) is 11.8 Å². The first-order valence-electron chi connectivity index (χ1n) is 6.15. The van der Waals surface area contributed by atoms with Gasteiger partial charge in [0.05, 0.1) is 18.0 Å². The Labute approximate surface area is 132 Å². The second-order valence-electron chi connectivity index (χ2n) is 4.13. The van der Waals surface area contributed by atoms with Crippen LogP contribution in [0.25, 0.3) is 0 Å². The summed E-state index contributed by atoms with van der Waals surface area (Å²) in [6.45, 7) is -0.450. The second-order valence-corrected chi connectivity index (χ2v) is 5.09. The number of thioether (sulfide) groups is 1. The number of carbonyl (C=O) groups excluding carboxylic acids is 2. The molecule has 1 aromatic carbocycles. The van der Waals surface area contributed by atoms with Gasteiger partial charge in [0.25, 0.3) is 0 Å². The van der Waals surface area contributed by atoms with Crippen LogP contribution in [0.5, 0.6) is 0 Å². The molecule has 2 rings (SSSR count). The Bertz CT molecular complexity index is 711. The van der Waals surface area contributed by atoms with E-state index in [-0.39, 0.29) is 5.75 Å². The highest BCUT2D eigenvalue weighted by atomic mass is 32.2. The Morgan fingerprint density at radius 1 is 1.17 bits per heavy atom. The third-order valence-electron chi connectivity index (χ3n) is 2.49. The van der Waals surface area contributed by atoms with Crippen LogP contribution in [0, 0.1) is 17.5 Å². The number of H-pyrrole nitrogens is 1. The first-order chi connectivity index (χ1) is 11.0. The van der Waals surface area contributed by atoms with Crippen LogP contribution < -0.4 is 10.6 Å². The molecule has 0 aliphatic rings. The highest BCUT2D eigenvalue weighted by molar-refractivity contribution is 7.99. The lowest BCUT2D eigenvalue weighted by molar-refractivity contribution is -0.122. The van der Waals surface area contributed by atoms with Gasteiger partial charge in [-0.3, -0.25) is 14.7 Å². The van der Waals surface area contributed by atoms with Gasteiger partial charge in [-0.1, -0.05) is 11.8 Å². The number of aromatic amines is 1. The summed E-state index contributed by atoms with van der Waals surface area (Å²) in [7, 11) is 0. The predicted molar refractivity (Wildman–Crippen MR) is 75.1 cm³/mol. The van der Waals surface area contributed by atoms with Crippen LogP contribution in [0.2, 0.25) is 0 Å². The van der Waals surface area contributed by atoms with Crippen molar-refractivity contribution < 1.29 is 22.8 Å². The molecule has 1 heterocycles. The molecule has 0 radical (unpaired) electrons. The average molecular weight is 345 g/mol. The van der Waals surface area contributed by atoms with Gasteiger partial charge in [-0.05, 0) is 12.1 Å². The fourth-order valence-electron chi connectivity index (χ4n) is 1.44. The molecule has 122 valence electrons. The second kappa shape index (κ2) is 7.63. The predicted octanol–water partition coefficient (Wildman–Crippen LogP) is 1.07. The minimum absolute atomic E-state index is 0.0119. The van der Waals surface area contributed by atoms with E-state index in [4.69, 9.17) is 0 Å². The van der Waals surface area contributed by atoms with Crippen LogP contribution in [-0.2, 0) is 9.59 Å². The van der Waals surface area contributed by atoms with Gasteiger partial charge in [-0.15, -0.1) is 0 Å². The zero-order chi connectivity index (χ0) is 16.8. The normalized spacial score (nSPS) is 10.4.